The molecule has 0 radical (unpaired) electrons. The van der Waals surface area contributed by atoms with Gasteiger partial charge in [-0.2, -0.15) is 0 Å². The van der Waals surface area contributed by atoms with E-state index in [1.54, 1.807) is 0 Å². The summed E-state index contributed by atoms with van der Waals surface area (Å²) in [5, 5.41) is 0. The van der Waals surface area contributed by atoms with E-state index >= 15 is 0 Å². The van der Waals surface area contributed by atoms with Crippen molar-refractivity contribution < 1.29 is 28.5 Å². The zero-order valence-corrected chi connectivity index (χ0v) is 19.8. The number of ketones is 2. The van der Waals surface area contributed by atoms with Crippen LogP contribution in [0.25, 0.3) is 0 Å². The minimum absolute atomic E-state index is 0.0988. The number of Topliss-reactive ketones (excluding diaryl/α,β-unsaturated/α-hetero) is 1. The number of hydrogen-bond donors (Lipinski definition) is 0. The van der Waals surface area contributed by atoms with Crippen LogP contribution < -0.4 is 9.47 Å². The number of hydrogen-bond acceptors (Lipinski definition) is 6. The molecule has 4 rings (SSSR count). The van der Waals surface area contributed by atoms with E-state index in [1.807, 2.05) is 58.0 Å². The van der Waals surface area contributed by atoms with Gasteiger partial charge in [0.2, 0.25) is 6.79 Å². The van der Waals surface area contributed by atoms with Crippen molar-refractivity contribution in [2.24, 2.45) is 5.41 Å². The van der Waals surface area contributed by atoms with Crippen LogP contribution >= 0.6 is 0 Å². The smallest absolute Gasteiger partial charge is 0.231 e. The summed E-state index contributed by atoms with van der Waals surface area (Å²) < 4.78 is 22.9. The van der Waals surface area contributed by atoms with Crippen LogP contribution in [-0.2, 0) is 19.1 Å². The Hall–Kier alpha value is -3.28. The van der Waals surface area contributed by atoms with Crippen molar-refractivity contribution in [2.45, 2.75) is 53.1 Å². The summed E-state index contributed by atoms with van der Waals surface area (Å²) in [5.74, 6) is 1.75. The highest BCUT2D eigenvalue weighted by atomic mass is 16.7. The van der Waals surface area contributed by atoms with E-state index < -0.39 is 11.5 Å². The largest absolute Gasteiger partial charge is 0.496 e. The van der Waals surface area contributed by atoms with Crippen LogP contribution in [-0.4, -0.2) is 25.5 Å². The zero-order valence-electron chi connectivity index (χ0n) is 19.8. The average Bonchev–Trinajstić information content (AvgIpc) is 3.25. The molecular weight excluding hydrogens is 420 g/mol. The third-order valence-corrected chi connectivity index (χ3v) is 6.26. The van der Waals surface area contributed by atoms with Crippen LogP contribution in [0.4, 0.5) is 0 Å². The Bertz CT molecular complexity index is 1090. The van der Waals surface area contributed by atoms with Crippen LogP contribution in [0, 0.1) is 5.41 Å². The second kappa shape index (κ2) is 8.93. The molecule has 0 saturated heterocycles. The van der Waals surface area contributed by atoms with Crippen molar-refractivity contribution >= 4 is 11.6 Å². The lowest BCUT2D eigenvalue weighted by molar-refractivity contribution is -0.128. The highest BCUT2D eigenvalue weighted by Gasteiger charge is 2.50. The fraction of sp³-hybridized carbons (Fsp3) is 0.407. The maximum Gasteiger partial charge on any atom is 0.231 e. The first-order valence-electron chi connectivity index (χ1n) is 11.2. The summed E-state index contributed by atoms with van der Waals surface area (Å²) in [7, 11) is 1.47. The van der Waals surface area contributed by atoms with Crippen LogP contribution in [0.1, 0.15) is 58.6 Å². The molecule has 2 aliphatic heterocycles. The molecule has 3 aliphatic rings. The summed E-state index contributed by atoms with van der Waals surface area (Å²) in [6.07, 6.45) is 6.01. The van der Waals surface area contributed by atoms with Crippen molar-refractivity contribution in [3.63, 3.8) is 0 Å². The lowest BCUT2D eigenvalue weighted by Gasteiger charge is -2.41. The van der Waals surface area contributed by atoms with Crippen molar-refractivity contribution in [3.05, 3.63) is 70.2 Å². The highest BCUT2D eigenvalue weighted by molar-refractivity contribution is 6.09. The zero-order chi connectivity index (χ0) is 23.8. The topological polar surface area (TPSA) is 71.1 Å². The van der Waals surface area contributed by atoms with Gasteiger partial charge in [0, 0.05) is 6.08 Å². The third-order valence-electron chi connectivity index (χ3n) is 6.26. The molecule has 0 amide bonds. The SMILES string of the molecule is COC1=CC(=O)C(CC=C(C)C)(CC=C(C)C)C2=C1C(=O)CC(c1ccc3c(c1)OCO3)O2. The molecule has 0 aromatic heterocycles. The fourth-order valence-electron chi connectivity index (χ4n) is 4.37. The van der Waals surface area contributed by atoms with E-state index in [-0.39, 0.29) is 30.5 Å². The van der Waals surface area contributed by atoms with Crippen LogP contribution in [0.5, 0.6) is 11.5 Å². The van der Waals surface area contributed by atoms with Gasteiger partial charge in [-0.3, -0.25) is 9.59 Å². The molecule has 174 valence electrons. The Labute approximate surface area is 194 Å². The van der Waals surface area contributed by atoms with Gasteiger partial charge in [-0.25, -0.2) is 0 Å². The van der Waals surface area contributed by atoms with Gasteiger partial charge < -0.3 is 18.9 Å². The van der Waals surface area contributed by atoms with E-state index in [4.69, 9.17) is 18.9 Å². The number of allylic oxidation sites excluding steroid dienone is 7. The molecule has 1 atom stereocenters. The van der Waals surface area contributed by atoms with Crippen molar-refractivity contribution in [1.82, 2.24) is 0 Å². The summed E-state index contributed by atoms with van der Waals surface area (Å²) in [5.41, 5.74) is 2.36. The molecule has 1 aliphatic carbocycles. The monoisotopic (exact) mass is 450 g/mol. The molecule has 2 heterocycles. The fourth-order valence-corrected chi connectivity index (χ4v) is 4.37. The molecule has 6 nitrogen and oxygen atoms in total. The number of carbonyl (C=O) groups is 2. The van der Waals surface area contributed by atoms with E-state index in [0.29, 0.717) is 35.7 Å². The van der Waals surface area contributed by atoms with E-state index in [2.05, 4.69) is 0 Å². The summed E-state index contributed by atoms with van der Waals surface area (Å²) in [6.45, 7) is 8.15. The van der Waals surface area contributed by atoms with Gasteiger partial charge in [0.15, 0.2) is 23.1 Å². The molecule has 0 N–H and O–H groups in total. The molecule has 1 unspecified atom stereocenters. The maximum absolute atomic E-state index is 13.6. The Kier molecular flexibility index (Phi) is 6.19. The van der Waals surface area contributed by atoms with Crippen LogP contribution in [0.3, 0.4) is 0 Å². The number of fused-ring (bicyclic) bond motifs is 1. The second-order valence-electron chi connectivity index (χ2n) is 9.18. The number of benzene rings is 1. The number of ether oxygens (including phenoxy) is 4. The minimum atomic E-state index is -1.00. The molecule has 33 heavy (non-hydrogen) atoms. The van der Waals surface area contributed by atoms with Crippen molar-refractivity contribution in [3.8, 4) is 11.5 Å². The van der Waals surface area contributed by atoms with Gasteiger partial charge in [-0.1, -0.05) is 29.4 Å². The molecule has 0 bridgehead atoms. The van der Waals surface area contributed by atoms with Crippen LogP contribution in [0.15, 0.2) is 64.7 Å². The summed E-state index contributed by atoms with van der Waals surface area (Å²) >= 11 is 0. The van der Waals surface area contributed by atoms with Crippen molar-refractivity contribution in [2.75, 3.05) is 13.9 Å². The van der Waals surface area contributed by atoms with Gasteiger partial charge in [-0.05, 0) is 58.2 Å². The first-order chi connectivity index (χ1) is 15.7. The Morgan fingerprint density at radius 2 is 1.73 bits per heavy atom. The van der Waals surface area contributed by atoms with Gasteiger partial charge in [0.05, 0.1) is 24.5 Å². The molecule has 6 heteroatoms. The highest BCUT2D eigenvalue weighted by Crippen LogP contribution is 2.51. The van der Waals surface area contributed by atoms with Gasteiger partial charge >= 0.3 is 0 Å². The lowest BCUT2D eigenvalue weighted by atomic mass is 9.68. The van der Waals surface area contributed by atoms with Crippen LogP contribution in [0.2, 0.25) is 0 Å². The van der Waals surface area contributed by atoms with E-state index in [0.717, 1.165) is 16.7 Å². The first kappa shape index (κ1) is 22.9. The molecule has 0 spiro atoms. The quantitative estimate of drug-likeness (QED) is 0.532. The summed E-state index contributed by atoms with van der Waals surface area (Å²) in [4.78, 5) is 27.0. The lowest BCUT2D eigenvalue weighted by Crippen LogP contribution is -2.41. The first-order valence-corrected chi connectivity index (χ1v) is 11.2. The number of rotatable bonds is 6. The average molecular weight is 451 g/mol. The predicted octanol–water partition coefficient (Wildman–Crippen LogP) is 5.51. The van der Waals surface area contributed by atoms with E-state index in [9.17, 15) is 9.59 Å². The number of methoxy groups -OCH3 is 1. The Morgan fingerprint density at radius 1 is 1.06 bits per heavy atom. The predicted molar refractivity (Wildman–Crippen MR) is 124 cm³/mol. The molecule has 1 aromatic rings. The summed E-state index contributed by atoms with van der Waals surface area (Å²) in [6, 6.07) is 5.54. The minimum Gasteiger partial charge on any atom is -0.496 e. The van der Waals surface area contributed by atoms with Gasteiger partial charge in [0.25, 0.3) is 0 Å². The Morgan fingerprint density at radius 3 is 2.36 bits per heavy atom. The second-order valence-corrected chi connectivity index (χ2v) is 9.18. The van der Waals surface area contributed by atoms with E-state index in [1.165, 1.54) is 13.2 Å². The molecule has 1 aromatic carbocycles. The normalized spacial score (nSPS) is 20.5. The maximum atomic E-state index is 13.6. The molecule has 0 saturated carbocycles. The molecule has 0 fully saturated rings. The van der Waals surface area contributed by atoms with Crippen molar-refractivity contribution in [1.29, 1.82) is 0 Å². The standard InChI is InChI=1S/C27H30O6/c1-16(2)8-10-27(11-9-17(3)4)24(29)14-23(30-5)25-19(28)13-21(33-26(25)27)18-6-7-20-22(12-18)32-15-31-20/h6-9,12,14,21H,10-11,13,15H2,1-5H3. The Balaban J connectivity index is 1.83. The molecular formula is C27H30O6. The van der Waals surface area contributed by atoms with Gasteiger partial charge in [0.1, 0.15) is 17.6 Å². The van der Waals surface area contributed by atoms with Gasteiger partial charge in [-0.15, -0.1) is 0 Å². The third kappa shape index (κ3) is 4.22. The number of carbonyl (C=O) groups excluding carboxylic acids is 2.